The molecule has 0 bridgehead atoms. The second-order valence-corrected chi connectivity index (χ2v) is 7.48. The van der Waals surface area contributed by atoms with Crippen LogP contribution in [0.4, 0.5) is 0 Å². The highest BCUT2D eigenvalue weighted by molar-refractivity contribution is 5.94. The van der Waals surface area contributed by atoms with E-state index >= 15 is 0 Å². The van der Waals surface area contributed by atoms with Crippen LogP contribution in [0, 0.1) is 13.8 Å². The van der Waals surface area contributed by atoms with E-state index in [2.05, 4.69) is 6.92 Å². The van der Waals surface area contributed by atoms with Gasteiger partial charge in [-0.25, -0.2) is 0 Å². The van der Waals surface area contributed by atoms with Crippen LogP contribution in [0.3, 0.4) is 0 Å². The number of nitrogens with zero attached hydrogens (tertiary/aromatic N) is 2. The van der Waals surface area contributed by atoms with Crippen LogP contribution < -0.4 is 0 Å². The molecule has 2 aliphatic rings. The van der Waals surface area contributed by atoms with Crippen LogP contribution in [-0.2, 0) is 9.53 Å². The molecule has 0 atom stereocenters. The van der Waals surface area contributed by atoms with E-state index in [0.717, 1.165) is 49.9 Å². The Morgan fingerprint density at radius 3 is 2.65 bits per heavy atom. The summed E-state index contributed by atoms with van der Waals surface area (Å²) >= 11 is 0. The highest BCUT2D eigenvalue weighted by atomic mass is 16.5. The predicted octanol–water partition coefficient (Wildman–Crippen LogP) is 2.94. The summed E-state index contributed by atoms with van der Waals surface area (Å²) in [6.45, 7) is 7.84. The van der Waals surface area contributed by atoms with Gasteiger partial charge in [-0.15, -0.1) is 0 Å². The van der Waals surface area contributed by atoms with Gasteiger partial charge in [-0.05, 0) is 62.8 Å². The van der Waals surface area contributed by atoms with Gasteiger partial charge in [0.25, 0.3) is 5.91 Å². The Hall–Kier alpha value is -1.88. The maximum absolute atomic E-state index is 13.2. The van der Waals surface area contributed by atoms with Gasteiger partial charge < -0.3 is 14.5 Å². The van der Waals surface area contributed by atoms with Crippen molar-refractivity contribution in [2.24, 2.45) is 0 Å². The van der Waals surface area contributed by atoms with Crippen LogP contribution in [0.25, 0.3) is 0 Å². The first-order valence-corrected chi connectivity index (χ1v) is 9.80. The fraction of sp³-hybridized carbons (Fsp3) is 0.619. The molecule has 2 amide bonds. The molecule has 5 heteroatoms. The second kappa shape index (κ2) is 8.67. The van der Waals surface area contributed by atoms with Crippen molar-refractivity contribution in [3.05, 3.63) is 34.9 Å². The number of carbonyl (C=O) groups excluding carboxylic acids is 2. The molecule has 142 valence electrons. The van der Waals surface area contributed by atoms with Gasteiger partial charge in [-0.1, -0.05) is 6.07 Å². The number of amides is 2. The molecule has 2 aliphatic heterocycles. The highest BCUT2D eigenvalue weighted by Gasteiger charge is 2.27. The third-order valence-corrected chi connectivity index (χ3v) is 5.64. The van der Waals surface area contributed by atoms with E-state index in [9.17, 15) is 9.59 Å². The van der Waals surface area contributed by atoms with E-state index in [0.29, 0.717) is 26.2 Å². The Kier molecular flexibility index (Phi) is 6.30. The molecule has 2 heterocycles. The fourth-order valence-corrected chi connectivity index (χ4v) is 3.86. The van der Waals surface area contributed by atoms with Crippen molar-refractivity contribution in [3.8, 4) is 0 Å². The Labute approximate surface area is 156 Å². The number of hydrogen-bond donors (Lipinski definition) is 0. The maximum Gasteiger partial charge on any atom is 0.254 e. The molecule has 3 rings (SSSR count). The van der Waals surface area contributed by atoms with Gasteiger partial charge in [-0.2, -0.15) is 0 Å². The van der Waals surface area contributed by atoms with E-state index in [1.54, 1.807) is 0 Å². The third kappa shape index (κ3) is 4.44. The second-order valence-electron chi connectivity index (χ2n) is 7.48. The Morgan fingerprint density at radius 2 is 2.00 bits per heavy atom. The first-order valence-electron chi connectivity index (χ1n) is 9.80. The number of hydrogen-bond acceptors (Lipinski definition) is 3. The van der Waals surface area contributed by atoms with Crippen molar-refractivity contribution >= 4 is 11.8 Å². The van der Waals surface area contributed by atoms with E-state index < -0.39 is 0 Å². The van der Waals surface area contributed by atoms with Crippen molar-refractivity contribution in [2.75, 3.05) is 32.8 Å². The standard InChI is InChI=1S/C21H30N2O3/c1-16-6-7-18(15-17(16)2)21(25)23(19-8-13-26-14-9-19)12-4-11-22-10-3-5-20(22)24/h6-7,15,19H,3-5,8-14H2,1-2H3. The minimum atomic E-state index is 0.104. The van der Waals surface area contributed by atoms with Crippen molar-refractivity contribution < 1.29 is 14.3 Å². The molecule has 0 saturated carbocycles. The lowest BCUT2D eigenvalue weighted by Gasteiger charge is -2.35. The first kappa shape index (κ1) is 18.9. The lowest BCUT2D eigenvalue weighted by Crippen LogP contribution is -2.44. The van der Waals surface area contributed by atoms with Crippen molar-refractivity contribution in [2.45, 2.75) is 52.0 Å². The maximum atomic E-state index is 13.2. The molecule has 1 aromatic carbocycles. The lowest BCUT2D eigenvalue weighted by atomic mass is 10.0. The summed E-state index contributed by atoms with van der Waals surface area (Å²) in [7, 11) is 0. The largest absolute Gasteiger partial charge is 0.381 e. The number of rotatable bonds is 6. The zero-order valence-electron chi connectivity index (χ0n) is 16.0. The average Bonchev–Trinajstić information content (AvgIpc) is 3.06. The Bertz CT molecular complexity index is 653. The van der Waals surface area contributed by atoms with Gasteiger partial charge >= 0.3 is 0 Å². The Balaban J connectivity index is 1.68. The summed E-state index contributed by atoms with van der Waals surface area (Å²) in [5.74, 6) is 0.357. The zero-order chi connectivity index (χ0) is 18.5. The topological polar surface area (TPSA) is 49.9 Å². The Morgan fingerprint density at radius 1 is 1.23 bits per heavy atom. The third-order valence-electron chi connectivity index (χ3n) is 5.64. The van der Waals surface area contributed by atoms with Crippen LogP contribution in [0.2, 0.25) is 0 Å². The summed E-state index contributed by atoms with van der Waals surface area (Å²) in [6, 6.07) is 6.18. The van der Waals surface area contributed by atoms with Crippen molar-refractivity contribution in [3.63, 3.8) is 0 Å². The normalized spacial score (nSPS) is 18.4. The first-order chi connectivity index (χ1) is 12.6. The minimum Gasteiger partial charge on any atom is -0.381 e. The molecule has 0 unspecified atom stereocenters. The highest BCUT2D eigenvalue weighted by Crippen LogP contribution is 2.20. The molecule has 1 aromatic rings. The summed E-state index contributed by atoms with van der Waals surface area (Å²) in [5, 5.41) is 0. The van der Waals surface area contributed by atoms with E-state index in [1.807, 2.05) is 34.9 Å². The number of benzene rings is 1. The smallest absolute Gasteiger partial charge is 0.254 e. The molecule has 2 saturated heterocycles. The number of likely N-dealkylation sites (tertiary alicyclic amines) is 1. The summed E-state index contributed by atoms with van der Waals surface area (Å²) in [5.41, 5.74) is 3.11. The zero-order valence-corrected chi connectivity index (χ0v) is 16.0. The van der Waals surface area contributed by atoms with Gasteiger partial charge in [-0.3, -0.25) is 9.59 Å². The van der Waals surface area contributed by atoms with Gasteiger partial charge in [0, 0.05) is 50.9 Å². The molecule has 2 fully saturated rings. The number of ether oxygens (including phenoxy) is 1. The molecule has 5 nitrogen and oxygen atoms in total. The molecule has 0 radical (unpaired) electrons. The van der Waals surface area contributed by atoms with E-state index in [1.165, 1.54) is 5.56 Å². The number of carbonyl (C=O) groups is 2. The van der Waals surface area contributed by atoms with Crippen molar-refractivity contribution in [1.29, 1.82) is 0 Å². The molecule has 0 N–H and O–H groups in total. The van der Waals surface area contributed by atoms with Gasteiger partial charge in [0.05, 0.1) is 0 Å². The minimum absolute atomic E-state index is 0.104. The molecule has 0 aromatic heterocycles. The van der Waals surface area contributed by atoms with E-state index in [-0.39, 0.29) is 17.9 Å². The summed E-state index contributed by atoms with van der Waals surface area (Å²) in [6.07, 6.45) is 4.24. The van der Waals surface area contributed by atoms with Crippen LogP contribution >= 0.6 is 0 Å². The van der Waals surface area contributed by atoms with Crippen LogP contribution in [0.15, 0.2) is 18.2 Å². The van der Waals surface area contributed by atoms with Crippen molar-refractivity contribution in [1.82, 2.24) is 9.80 Å². The van der Waals surface area contributed by atoms with Crippen LogP contribution in [0.5, 0.6) is 0 Å². The van der Waals surface area contributed by atoms with Gasteiger partial charge in [0.2, 0.25) is 5.91 Å². The molecular formula is C21H30N2O3. The molecule has 26 heavy (non-hydrogen) atoms. The quantitative estimate of drug-likeness (QED) is 0.786. The van der Waals surface area contributed by atoms with E-state index in [4.69, 9.17) is 4.74 Å². The summed E-state index contributed by atoms with van der Waals surface area (Å²) in [4.78, 5) is 29.0. The monoisotopic (exact) mass is 358 g/mol. The predicted molar refractivity (Wildman–Crippen MR) is 101 cm³/mol. The average molecular weight is 358 g/mol. The number of aryl methyl sites for hydroxylation is 2. The van der Waals surface area contributed by atoms with Gasteiger partial charge in [0.15, 0.2) is 0 Å². The van der Waals surface area contributed by atoms with Gasteiger partial charge in [0.1, 0.15) is 0 Å². The fourth-order valence-electron chi connectivity index (χ4n) is 3.86. The molecular weight excluding hydrogens is 328 g/mol. The van der Waals surface area contributed by atoms with Crippen LogP contribution in [-0.4, -0.2) is 60.5 Å². The summed E-state index contributed by atoms with van der Waals surface area (Å²) < 4.78 is 5.48. The molecule has 0 spiro atoms. The van der Waals surface area contributed by atoms with Crippen LogP contribution in [0.1, 0.15) is 53.6 Å². The lowest BCUT2D eigenvalue weighted by molar-refractivity contribution is -0.127. The SMILES string of the molecule is Cc1ccc(C(=O)N(CCCN2CCCC2=O)C2CCOCC2)cc1C. The molecule has 0 aliphatic carbocycles.